The van der Waals surface area contributed by atoms with Crippen LogP contribution in [0.4, 0.5) is 17.1 Å². The number of para-hydroxylation sites is 2. The molecule has 1 aliphatic carbocycles. The van der Waals surface area contributed by atoms with E-state index in [1.165, 1.54) is 0 Å². The molecule has 1 aliphatic rings. The van der Waals surface area contributed by atoms with Crippen molar-refractivity contribution in [1.82, 2.24) is 0 Å². The number of rotatable bonds is 9. The molecule has 1 heteroatoms. The highest BCUT2D eigenvalue weighted by Crippen LogP contribution is 2.57. The molecule has 11 aromatic rings. The fourth-order valence-electron chi connectivity index (χ4n) is 8.21. The van der Waals surface area contributed by atoms with Gasteiger partial charge in [0.05, 0.1) is 60.4 Å². The average Bonchev–Trinajstić information content (AvgIpc) is 1.45. The minimum atomic E-state index is -2.91. The molecule has 0 saturated heterocycles. The molecule has 0 bridgehead atoms. The van der Waals surface area contributed by atoms with Gasteiger partial charge in [0, 0.05) is 16.9 Å². The van der Waals surface area contributed by atoms with Gasteiger partial charge in [0.15, 0.2) is 0 Å². The third-order valence-corrected chi connectivity index (χ3v) is 11.0. The van der Waals surface area contributed by atoms with Crippen molar-refractivity contribution in [2.45, 2.75) is 5.41 Å². The highest BCUT2D eigenvalue weighted by atomic mass is 15.1. The van der Waals surface area contributed by atoms with E-state index in [2.05, 4.69) is 0 Å². The van der Waals surface area contributed by atoms with Crippen LogP contribution in [0.2, 0.25) is 0 Å². The number of fused-ring (bicyclic) bond motifs is 4. The van der Waals surface area contributed by atoms with Crippen molar-refractivity contribution in [3.8, 4) is 55.6 Å². The Kier molecular flexibility index (Phi) is 4.21. The SMILES string of the molecule is [2H]c1cc(N(c2cc([2H])c([2H])c([2H])c2-c2c([2H])c([2H])c3c([2H])c([2H])c([2H])cc3c2-c2cc([2H])c(-c3c([2H])c([2H])c([2H])c([2H])c3[2H])c([2H])c2)c2c([2H])c([2H])c([2H])c(-c3c([2H])c([2H])c4c(c3[2H])C(c3cc([2H])c([2H])c([2H])c3[2H])(c3c([2H])cc([2H])c([2H])c3[2H])c3cc([2H])c([2H])c([2H])c3-4)c2[2H])cc([2H])c1[2H]. The van der Waals surface area contributed by atoms with Crippen LogP contribution in [-0.2, 0) is 5.41 Å². The lowest BCUT2D eigenvalue weighted by Crippen LogP contribution is -2.28. The zero-order chi connectivity index (χ0) is 75.2. The largest absolute Gasteiger partial charge is 0.310 e. The molecule has 1 atom stereocenters. The van der Waals surface area contributed by atoms with Crippen molar-refractivity contribution in [1.29, 1.82) is 0 Å². The van der Waals surface area contributed by atoms with E-state index in [0.717, 1.165) is 54.6 Å². The molecule has 0 spiro atoms. The standard InChI is InChI=1S/C65H45N/c1-5-20-46(21-6-1)47-36-38-49(39-37-47)64-56-31-14-13-22-48(56)40-43-60(64)59-33-16-18-35-63(59)66(54-28-11-4-12-29-54)55-30-19-23-50(44-55)51-41-42-58-57-32-15-17-34-61(57)65(62(58)45-51,52-24-7-2-8-25-52)53-26-9-3-10-27-53/h1-45H/i1D,2D,3D,4D,5D,6D,7D,8D,9D,11D,12D,13D,14D,15D,16D,17D,18D,19D,20D,21D,22D,23D,24D,26D,27D,30D,32D,33D,36D,37D,40D,41D,42D,43D,44D,45D. The van der Waals surface area contributed by atoms with Crippen molar-refractivity contribution in [3.63, 3.8) is 0 Å². The molecule has 12 rings (SSSR count). The van der Waals surface area contributed by atoms with E-state index in [1.54, 1.807) is 0 Å². The monoisotopic (exact) mass is 876 g/mol. The summed E-state index contributed by atoms with van der Waals surface area (Å²) < 4.78 is 333. The van der Waals surface area contributed by atoms with Gasteiger partial charge in [-0.05, 0) is 119 Å². The van der Waals surface area contributed by atoms with Crippen LogP contribution in [0.25, 0.3) is 66.4 Å². The molecule has 0 heterocycles. The quantitative estimate of drug-likeness (QED) is 0.140. The van der Waals surface area contributed by atoms with E-state index in [-0.39, 0.29) is 10.9 Å². The van der Waals surface area contributed by atoms with Gasteiger partial charge in [0.2, 0.25) is 0 Å². The van der Waals surface area contributed by atoms with Gasteiger partial charge in [-0.3, -0.25) is 0 Å². The van der Waals surface area contributed by atoms with E-state index in [4.69, 9.17) is 24.7 Å². The first-order chi connectivity index (χ1) is 47.6. The van der Waals surface area contributed by atoms with Gasteiger partial charge in [-0.1, -0.05) is 236 Å². The molecule has 0 aromatic heterocycles. The Morgan fingerprint density at radius 2 is 0.970 bits per heavy atom. The summed E-state index contributed by atoms with van der Waals surface area (Å²) in [5.41, 5.74) is -14.8. The molecular weight excluding hydrogens is 795 g/mol. The summed E-state index contributed by atoms with van der Waals surface area (Å²) in [4.78, 5) is 0.715. The maximum atomic E-state index is 10.6. The van der Waals surface area contributed by atoms with E-state index >= 15 is 0 Å². The van der Waals surface area contributed by atoms with Crippen LogP contribution in [0, 0.1) is 0 Å². The smallest absolute Gasteiger partial charge is 0.0713 e. The van der Waals surface area contributed by atoms with Crippen LogP contribution in [-0.4, -0.2) is 0 Å². The molecule has 0 fully saturated rings. The zero-order valence-corrected chi connectivity index (χ0v) is 33.6. The van der Waals surface area contributed by atoms with Crippen molar-refractivity contribution < 1.29 is 49.3 Å². The number of nitrogens with zero attached hydrogens (tertiary/aromatic N) is 1. The molecule has 310 valence electrons. The molecule has 0 N–H and O–H groups in total. The first-order valence-corrected chi connectivity index (χ1v) is 19.9. The Labute approximate surface area is 437 Å². The predicted octanol–water partition coefficient (Wildman–Crippen LogP) is 17.3. The molecule has 66 heavy (non-hydrogen) atoms. The summed E-state index contributed by atoms with van der Waals surface area (Å²) in [6.45, 7) is 0. The number of anilines is 3. The zero-order valence-electron chi connectivity index (χ0n) is 69.6. The van der Waals surface area contributed by atoms with Gasteiger partial charge in [0.25, 0.3) is 0 Å². The average molecular weight is 876 g/mol. The van der Waals surface area contributed by atoms with E-state index < -0.39 is 318 Å². The van der Waals surface area contributed by atoms with Crippen LogP contribution < -0.4 is 4.90 Å². The molecule has 0 amide bonds. The van der Waals surface area contributed by atoms with Gasteiger partial charge >= 0.3 is 0 Å². The van der Waals surface area contributed by atoms with Crippen molar-refractivity contribution in [2.75, 3.05) is 4.90 Å². The first-order valence-electron chi connectivity index (χ1n) is 37.9. The van der Waals surface area contributed by atoms with Gasteiger partial charge in [0.1, 0.15) is 0 Å². The molecule has 11 aromatic carbocycles. The maximum absolute atomic E-state index is 10.6. The molecule has 1 nitrogen and oxygen atoms in total. The highest BCUT2D eigenvalue weighted by Gasteiger charge is 2.46. The molecule has 0 saturated carbocycles. The molecule has 0 aliphatic heterocycles. The highest BCUT2D eigenvalue weighted by molar-refractivity contribution is 6.06. The Morgan fingerprint density at radius 3 is 1.86 bits per heavy atom. The Bertz CT molecular complexity index is 5610. The molecule has 1 unspecified atom stereocenters. The van der Waals surface area contributed by atoms with Gasteiger partial charge in [-0.15, -0.1) is 0 Å². The lowest BCUT2D eigenvalue weighted by atomic mass is 9.67. The Hall–Kier alpha value is -8.52. The summed E-state index contributed by atoms with van der Waals surface area (Å²) in [7, 11) is 0. The van der Waals surface area contributed by atoms with Crippen molar-refractivity contribution in [2.24, 2.45) is 0 Å². The third-order valence-electron chi connectivity index (χ3n) is 11.0. The lowest BCUT2D eigenvalue weighted by Gasteiger charge is -2.34. The molecule has 0 radical (unpaired) electrons. The van der Waals surface area contributed by atoms with Crippen LogP contribution >= 0.6 is 0 Å². The number of benzene rings is 11. The van der Waals surface area contributed by atoms with E-state index in [9.17, 15) is 24.7 Å². The first kappa shape index (κ1) is 16.8. The second-order valence-electron chi connectivity index (χ2n) is 14.4. The van der Waals surface area contributed by atoms with Crippen molar-refractivity contribution >= 4 is 27.8 Å². The molecular formula is C65H45N. The second-order valence-corrected chi connectivity index (χ2v) is 14.4. The summed E-state index contributed by atoms with van der Waals surface area (Å²) in [6.07, 6.45) is 0. The second kappa shape index (κ2) is 16.6. The Balaban J connectivity index is 1.27. The summed E-state index contributed by atoms with van der Waals surface area (Å²) in [5.74, 6) is 0. The normalized spacial score (nSPS) is 21.5. The van der Waals surface area contributed by atoms with Gasteiger partial charge < -0.3 is 4.90 Å². The minimum Gasteiger partial charge on any atom is -0.310 e. The van der Waals surface area contributed by atoms with Gasteiger partial charge in [-0.25, -0.2) is 0 Å². The third kappa shape index (κ3) is 6.56. The maximum Gasteiger partial charge on any atom is 0.0713 e. The van der Waals surface area contributed by atoms with Crippen LogP contribution in [0.1, 0.15) is 71.6 Å². The summed E-state index contributed by atoms with van der Waals surface area (Å²) in [6, 6.07) is -24.8. The van der Waals surface area contributed by atoms with Crippen LogP contribution in [0.5, 0.6) is 0 Å². The van der Waals surface area contributed by atoms with E-state index in [1.807, 2.05) is 0 Å². The van der Waals surface area contributed by atoms with Crippen LogP contribution in [0.15, 0.2) is 272 Å². The van der Waals surface area contributed by atoms with Crippen molar-refractivity contribution in [3.05, 3.63) is 294 Å². The fourth-order valence-corrected chi connectivity index (χ4v) is 8.21. The summed E-state index contributed by atoms with van der Waals surface area (Å²) >= 11 is 0. The summed E-state index contributed by atoms with van der Waals surface area (Å²) in [5, 5.41) is -0.910. The van der Waals surface area contributed by atoms with Gasteiger partial charge in [-0.2, -0.15) is 0 Å². The fraction of sp³-hybridized carbons (Fsp3) is 0.0154. The lowest BCUT2D eigenvalue weighted by molar-refractivity contribution is 0.769. The van der Waals surface area contributed by atoms with E-state index in [0.29, 0.717) is 4.90 Å². The predicted molar refractivity (Wildman–Crippen MR) is 278 cm³/mol. The minimum absolute atomic E-state index is 0.375. The van der Waals surface area contributed by atoms with Crippen LogP contribution in [0.3, 0.4) is 0 Å². The number of hydrogen-bond acceptors (Lipinski definition) is 1. The topological polar surface area (TPSA) is 3.24 Å². The Morgan fingerprint density at radius 1 is 0.333 bits per heavy atom. The number of hydrogen-bond donors (Lipinski definition) is 0.